The minimum Gasteiger partial charge on any atom is -0.505 e. The van der Waals surface area contributed by atoms with E-state index in [-0.39, 0.29) is 29.3 Å². The fraction of sp³-hybridized carbons (Fsp3) is 0.412. The molecule has 0 fully saturated rings. The lowest BCUT2D eigenvalue weighted by atomic mass is 10.1. The van der Waals surface area contributed by atoms with E-state index in [0.29, 0.717) is 16.5 Å². The van der Waals surface area contributed by atoms with Crippen LogP contribution in [-0.2, 0) is 4.74 Å². The van der Waals surface area contributed by atoms with E-state index in [1.807, 2.05) is 20.8 Å². The quantitative estimate of drug-likeness (QED) is 0.482. The molecule has 124 valence electrons. The lowest BCUT2D eigenvalue weighted by Crippen LogP contribution is -2.09. The Morgan fingerprint density at radius 1 is 1.35 bits per heavy atom. The highest BCUT2D eigenvalue weighted by atomic mass is 35.5. The van der Waals surface area contributed by atoms with Gasteiger partial charge in [0, 0.05) is 10.8 Å². The molecule has 0 spiro atoms. The fourth-order valence-corrected chi connectivity index (χ4v) is 2.35. The van der Waals surface area contributed by atoms with E-state index in [9.17, 15) is 9.90 Å². The van der Waals surface area contributed by atoms with E-state index >= 15 is 0 Å². The van der Waals surface area contributed by atoms with Gasteiger partial charge < -0.3 is 14.6 Å². The molecule has 0 aliphatic rings. The van der Waals surface area contributed by atoms with Crippen molar-refractivity contribution in [1.29, 1.82) is 0 Å². The van der Waals surface area contributed by atoms with Gasteiger partial charge in [0.05, 0.1) is 12.7 Å². The SMILES string of the molecule is CCCCOC(=O)c1nc(Cl)c2ccc(OC(C)C)cc2c1O. The molecule has 0 amide bonds. The number of unbranched alkanes of at least 4 members (excludes halogenated alkanes) is 1. The highest BCUT2D eigenvalue weighted by Gasteiger charge is 2.20. The van der Waals surface area contributed by atoms with E-state index in [1.54, 1.807) is 18.2 Å². The van der Waals surface area contributed by atoms with Crippen molar-refractivity contribution in [3.63, 3.8) is 0 Å². The average molecular weight is 338 g/mol. The van der Waals surface area contributed by atoms with Crippen LogP contribution in [0.25, 0.3) is 10.8 Å². The molecule has 0 aliphatic carbocycles. The van der Waals surface area contributed by atoms with E-state index in [0.717, 1.165) is 12.8 Å². The van der Waals surface area contributed by atoms with Gasteiger partial charge in [0.15, 0.2) is 11.4 Å². The molecule has 0 bridgehead atoms. The highest BCUT2D eigenvalue weighted by molar-refractivity contribution is 6.34. The minimum atomic E-state index is -0.685. The summed E-state index contributed by atoms with van der Waals surface area (Å²) in [6.45, 7) is 6.08. The van der Waals surface area contributed by atoms with Crippen molar-refractivity contribution < 1.29 is 19.4 Å². The third kappa shape index (κ3) is 4.05. The molecule has 0 saturated heterocycles. The molecular weight excluding hydrogens is 318 g/mol. The molecule has 1 aromatic carbocycles. The molecule has 1 aromatic heterocycles. The van der Waals surface area contributed by atoms with Crippen LogP contribution in [0.3, 0.4) is 0 Å². The minimum absolute atomic E-state index is 0.00891. The maximum absolute atomic E-state index is 12.1. The molecule has 1 heterocycles. The van der Waals surface area contributed by atoms with Crippen LogP contribution in [0, 0.1) is 0 Å². The Morgan fingerprint density at radius 2 is 2.09 bits per heavy atom. The Hall–Kier alpha value is -2.01. The van der Waals surface area contributed by atoms with Crippen LogP contribution >= 0.6 is 11.6 Å². The fourth-order valence-electron chi connectivity index (χ4n) is 2.10. The third-order valence-corrected chi connectivity index (χ3v) is 3.49. The number of aromatic hydroxyl groups is 1. The topological polar surface area (TPSA) is 68.7 Å². The Morgan fingerprint density at radius 3 is 2.74 bits per heavy atom. The Labute approximate surface area is 140 Å². The summed E-state index contributed by atoms with van der Waals surface area (Å²) in [5.74, 6) is -0.356. The second-order valence-electron chi connectivity index (χ2n) is 5.46. The summed E-state index contributed by atoms with van der Waals surface area (Å²) in [6.07, 6.45) is 1.65. The number of ether oxygens (including phenoxy) is 2. The Bertz CT molecular complexity index is 715. The zero-order chi connectivity index (χ0) is 17.0. The van der Waals surface area contributed by atoms with Crippen LogP contribution in [0.4, 0.5) is 0 Å². The van der Waals surface area contributed by atoms with Crippen molar-refractivity contribution in [2.24, 2.45) is 0 Å². The van der Waals surface area contributed by atoms with E-state index < -0.39 is 5.97 Å². The number of hydrogen-bond donors (Lipinski definition) is 1. The largest absolute Gasteiger partial charge is 0.505 e. The first-order chi connectivity index (χ1) is 10.9. The molecule has 23 heavy (non-hydrogen) atoms. The number of esters is 1. The summed E-state index contributed by atoms with van der Waals surface area (Å²) < 4.78 is 10.7. The summed E-state index contributed by atoms with van der Waals surface area (Å²) in [6, 6.07) is 5.09. The van der Waals surface area contributed by atoms with Gasteiger partial charge >= 0.3 is 5.97 Å². The van der Waals surface area contributed by atoms with E-state index in [4.69, 9.17) is 21.1 Å². The Kier molecular flexibility index (Phi) is 5.66. The number of fused-ring (bicyclic) bond motifs is 1. The first kappa shape index (κ1) is 17.3. The van der Waals surface area contributed by atoms with Crippen molar-refractivity contribution in [2.75, 3.05) is 6.61 Å². The normalized spacial score (nSPS) is 11.0. The van der Waals surface area contributed by atoms with Gasteiger partial charge in [-0.15, -0.1) is 0 Å². The highest BCUT2D eigenvalue weighted by Crippen LogP contribution is 2.35. The van der Waals surface area contributed by atoms with Gasteiger partial charge in [0.25, 0.3) is 0 Å². The number of rotatable bonds is 6. The van der Waals surface area contributed by atoms with Gasteiger partial charge in [-0.3, -0.25) is 0 Å². The molecule has 0 atom stereocenters. The maximum atomic E-state index is 12.1. The summed E-state index contributed by atoms with van der Waals surface area (Å²) in [4.78, 5) is 16.0. The zero-order valence-electron chi connectivity index (χ0n) is 13.4. The summed E-state index contributed by atoms with van der Waals surface area (Å²) in [5, 5.41) is 11.5. The molecule has 0 radical (unpaired) electrons. The molecule has 0 saturated carbocycles. The molecule has 2 rings (SSSR count). The lowest BCUT2D eigenvalue weighted by Gasteiger charge is -2.12. The summed E-state index contributed by atoms with van der Waals surface area (Å²) in [5.41, 5.74) is -0.180. The predicted octanol–water partition coefficient (Wildman–Crippen LogP) is 4.34. The molecule has 6 heteroatoms. The predicted molar refractivity (Wildman–Crippen MR) is 89.4 cm³/mol. The molecular formula is C17H20ClNO4. The summed E-state index contributed by atoms with van der Waals surface area (Å²) >= 11 is 6.13. The van der Waals surface area contributed by atoms with Crippen molar-refractivity contribution in [1.82, 2.24) is 4.98 Å². The number of aromatic nitrogens is 1. The third-order valence-electron chi connectivity index (χ3n) is 3.20. The average Bonchev–Trinajstić information content (AvgIpc) is 2.50. The number of carbonyl (C=O) groups is 1. The van der Waals surface area contributed by atoms with Crippen molar-refractivity contribution in [3.05, 3.63) is 29.0 Å². The number of carbonyl (C=O) groups excluding carboxylic acids is 1. The van der Waals surface area contributed by atoms with Gasteiger partial charge in [0.2, 0.25) is 0 Å². The van der Waals surface area contributed by atoms with Crippen LogP contribution < -0.4 is 4.74 Å². The number of nitrogens with zero attached hydrogens (tertiary/aromatic N) is 1. The standard InChI is InChI=1S/C17H20ClNO4/c1-4-5-8-22-17(21)14-15(20)13-9-11(23-10(2)3)6-7-12(13)16(18)19-14/h6-7,9-10,20H,4-5,8H2,1-3H3. The molecule has 2 aromatic rings. The Balaban J connectivity index is 2.42. The molecule has 1 N–H and O–H groups in total. The van der Waals surface area contributed by atoms with E-state index in [1.165, 1.54) is 0 Å². The van der Waals surface area contributed by atoms with Crippen molar-refractivity contribution in [2.45, 2.75) is 39.7 Å². The second kappa shape index (κ2) is 7.51. The monoisotopic (exact) mass is 337 g/mol. The van der Waals surface area contributed by atoms with Crippen molar-refractivity contribution >= 4 is 28.3 Å². The van der Waals surface area contributed by atoms with Crippen LogP contribution in [0.15, 0.2) is 18.2 Å². The van der Waals surface area contributed by atoms with Gasteiger partial charge in [-0.25, -0.2) is 9.78 Å². The van der Waals surface area contributed by atoms with Crippen LogP contribution in [0.5, 0.6) is 11.5 Å². The second-order valence-corrected chi connectivity index (χ2v) is 5.82. The zero-order valence-corrected chi connectivity index (χ0v) is 14.2. The van der Waals surface area contributed by atoms with Crippen LogP contribution in [-0.4, -0.2) is 28.8 Å². The van der Waals surface area contributed by atoms with Gasteiger partial charge in [0.1, 0.15) is 10.9 Å². The molecule has 5 nitrogen and oxygen atoms in total. The number of benzene rings is 1. The smallest absolute Gasteiger partial charge is 0.360 e. The number of pyridine rings is 1. The first-order valence-corrected chi connectivity index (χ1v) is 7.97. The molecule has 0 aliphatic heterocycles. The van der Waals surface area contributed by atoms with Gasteiger partial charge in [-0.2, -0.15) is 0 Å². The first-order valence-electron chi connectivity index (χ1n) is 7.60. The molecule has 0 unspecified atom stereocenters. The lowest BCUT2D eigenvalue weighted by molar-refractivity contribution is 0.0489. The van der Waals surface area contributed by atoms with Crippen LogP contribution in [0.2, 0.25) is 5.15 Å². The van der Waals surface area contributed by atoms with Gasteiger partial charge in [-0.1, -0.05) is 24.9 Å². The van der Waals surface area contributed by atoms with Crippen LogP contribution in [0.1, 0.15) is 44.1 Å². The van der Waals surface area contributed by atoms with Crippen molar-refractivity contribution in [3.8, 4) is 11.5 Å². The number of hydrogen-bond acceptors (Lipinski definition) is 5. The van der Waals surface area contributed by atoms with E-state index in [2.05, 4.69) is 4.98 Å². The van der Waals surface area contributed by atoms with Gasteiger partial charge in [-0.05, 0) is 38.5 Å². The number of halogens is 1. The summed E-state index contributed by atoms with van der Waals surface area (Å²) in [7, 11) is 0. The maximum Gasteiger partial charge on any atom is 0.360 e.